The second-order valence-electron chi connectivity index (χ2n) is 13.4. The second-order valence-corrected chi connectivity index (χ2v) is 13.4. The highest BCUT2D eigenvalue weighted by atomic mass is 16.7. The number of carbonyl (C=O) groups is 3. The summed E-state index contributed by atoms with van der Waals surface area (Å²) in [4.78, 5) is 43.4. The van der Waals surface area contributed by atoms with Gasteiger partial charge in [0, 0.05) is 54.6 Å². The van der Waals surface area contributed by atoms with E-state index in [9.17, 15) is 29.7 Å². The SMILES string of the molecule is COc1cccc2c1C(=O)c1c(O)c3c(c(O)c1C2=O)C[C@@](O)(C(=O)NC(C)C)C[C@@H]3O[C@H]1CC2[C@H](O[C@@H]3[C@@H](C)OCCN23)[C@H](C)O1. The molecule has 47 heavy (non-hydrogen) atoms. The van der Waals surface area contributed by atoms with Gasteiger partial charge in [0.05, 0.1) is 48.7 Å². The molecule has 0 spiro atoms. The summed E-state index contributed by atoms with van der Waals surface area (Å²) in [6.45, 7) is 8.56. The maximum atomic E-state index is 14.0. The first-order valence-corrected chi connectivity index (χ1v) is 16.1. The number of hydrogen-bond donors (Lipinski definition) is 4. The van der Waals surface area contributed by atoms with Gasteiger partial charge in [0.15, 0.2) is 12.1 Å². The monoisotopic (exact) mass is 652 g/mol. The quantitative estimate of drug-likeness (QED) is 0.296. The largest absolute Gasteiger partial charge is 0.507 e. The number of benzene rings is 2. The zero-order valence-electron chi connectivity index (χ0n) is 26.9. The molecule has 2 aromatic carbocycles. The predicted octanol–water partition coefficient (Wildman–Crippen LogP) is 2.09. The van der Waals surface area contributed by atoms with Gasteiger partial charge in [-0.1, -0.05) is 12.1 Å². The third-order valence-corrected chi connectivity index (χ3v) is 10.1. The van der Waals surface area contributed by atoms with Crippen LogP contribution < -0.4 is 10.1 Å². The van der Waals surface area contributed by atoms with Crippen LogP contribution >= 0.6 is 0 Å². The van der Waals surface area contributed by atoms with Crippen LogP contribution in [0.1, 0.15) is 89.6 Å². The summed E-state index contributed by atoms with van der Waals surface area (Å²) >= 11 is 0. The van der Waals surface area contributed by atoms with Crippen LogP contribution in [0.15, 0.2) is 18.2 Å². The Balaban J connectivity index is 1.31. The van der Waals surface area contributed by atoms with Crippen molar-refractivity contribution < 1.29 is 53.4 Å². The Bertz CT molecular complexity index is 1660. The molecule has 3 heterocycles. The number of rotatable bonds is 5. The fourth-order valence-electron chi connectivity index (χ4n) is 7.94. The van der Waals surface area contributed by atoms with Crippen LogP contribution in [0.3, 0.4) is 0 Å². The van der Waals surface area contributed by atoms with Crippen molar-refractivity contribution in [2.75, 3.05) is 20.3 Å². The first-order valence-electron chi connectivity index (χ1n) is 16.1. The van der Waals surface area contributed by atoms with Crippen LogP contribution in [0.4, 0.5) is 0 Å². The van der Waals surface area contributed by atoms with Gasteiger partial charge in [-0.3, -0.25) is 19.3 Å². The molecule has 4 N–H and O–H groups in total. The van der Waals surface area contributed by atoms with Crippen molar-refractivity contribution in [2.24, 2.45) is 0 Å². The number of ether oxygens (including phenoxy) is 5. The summed E-state index contributed by atoms with van der Waals surface area (Å²) < 4.78 is 30.3. The van der Waals surface area contributed by atoms with Crippen molar-refractivity contribution in [1.29, 1.82) is 0 Å². The number of methoxy groups -OCH3 is 1. The van der Waals surface area contributed by atoms with Crippen molar-refractivity contribution >= 4 is 17.5 Å². The van der Waals surface area contributed by atoms with Gasteiger partial charge in [-0.05, 0) is 33.8 Å². The molecule has 0 radical (unpaired) electrons. The minimum atomic E-state index is -2.09. The van der Waals surface area contributed by atoms with Crippen molar-refractivity contribution in [3.63, 3.8) is 0 Å². The van der Waals surface area contributed by atoms with E-state index < -0.39 is 65.1 Å². The number of phenolic OH excluding ortho intramolecular Hbond substituents is 2. The summed E-state index contributed by atoms with van der Waals surface area (Å²) in [6, 6.07) is 4.14. The molecule has 0 saturated carbocycles. The second kappa shape index (κ2) is 11.5. The number of ketones is 2. The van der Waals surface area contributed by atoms with Crippen molar-refractivity contribution in [2.45, 2.75) is 102 Å². The average molecular weight is 653 g/mol. The van der Waals surface area contributed by atoms with E-state index >= 15 is 0 Å². The summed E-state index contributed by atoms with van der Waals surface area (Å²) in [5.74, 6) is -3.13. The van der Waals surface area contributed by atoms with Gasteiger partial charge < -0.3 is 44.3 Å². The third kappa shape index (κ3) is 4.94. The molecule has 252 valence electrons. The minimum Gasteiger partial charge on any atom is -0.507 e. The highest BCUT2D eigenvalue weighted by Gasteiger charge is 2.54. The van der Waals surface area contributed by atoms with Crippen molar-refractivity contribution in [1.82, 2.24) is 10.2 Å². The molecule has 1 amide bonds. The summed E-state index contributed by atoms with van der Waals surface area (Å²) in [5.41, 5.74) is -2.95. The Morgan fingerprint density at radius 1 is 1.06 bits per heavy atom. The van der Waals surface area contributed by atoms with Crippen LogP contribution in [-0.4, -0.2) is 106 Å². The smallest absolute Gasteiger partial charge is 0.252 e. The first-order chi connectivity index (χ1) is 22.3. The lowest BCUT2D eigenvalue weighted by molar-refractivity contribution is -0.247. The molecule has 5 aliphatic rings. The van der Waals surface area contributed by atoms with E-state index in [0.717, 1.165) is 0 Å². The topological polar surface area (TPSA) is 173 Å². The predicted molar refractivity (Wildman–Crippen MR) is 164 cm³/mol. The van der Waals surface area contributed by atoms with Crippen LogP contribution in [0.5, 0.6) is 17.2 Å². The molecule has 7 rings (SSSR count). The molecule has 2 aromatic rings. The highest BCUT2D eigenvalue weighted by molar-refractivity contribution is 6.31. The van der Waals surface area contributed by atoms with Gasteiger partial charge in [0.25, 0.3) is 5.91 Å². The molecule has 0 bridgehead atoms. The van der Waals surface area contributed by atoms with Gasteiger partial charge in [-0.25, -0.2) is 0 Å². The fourth-order valence-corrected chi connectivity index (χ4v) is 7.94. The van der Waals surface area contributed by atoms with Crippen molar-refractivity contribution in [3.8, 4) is 17.2 Å². The van der Waals surface area contributed by atoms with E-state index in [1.54, 1.807) is 19.9 Å². The van der Waals surface area contributed by atoms with E-state index in [4.69, 9.17) is 23.7 Å². The molecule has 3 fully saturated rings. The molecule has 3 aliphatic heterocycles. The summed E-state index contributed by atoms with van der Waals surface area (Å²) in [6.07, 6.45) is -3.45. The first kappa shape index (κ1) is 32.0. The number of amides is 1. The number of nitrogens with zero attached hydrogens (tertiary/aromatic N) is 1. The summed E-state index contributed by atoms with van der Waals surface area (Å²) in [5, 5.41) is 38.1. The Morgan fingerprint density at radius 3 is 2.53 bits per heavy atom. The number of phenols is 2. The number of carbonyl (C=O) groups excluding carboxylic acids is 3. The van der Waals surface area contributed by atoms with E-state index in [1.165, 1.54) is 19.2 Å². The number of fused-ring (bicyclic) bond motifs is 6. The fraction of sp³-hybridized carbons (Fsp3) is 0.559. The van der Waals surface area contributed by atoms with Crippen LogP contribution in [-0.2, 0) is 30.2 Å². The van der Waals surface area contributed by atoms with E-state index in [0.29, 0.717) is 19.6 Å². The van der Waals surface area contributed by atoms with Gasteiger partial charge >= 0.3 is 0 Å². The van der Waals surface area contributed by atoms with Gasteiger partial charge in [-0.15, -0.1) is 0 Å². The highest BCUT2D eigenvalue weighted by Crippen LogP contribution is 2.53. The molecular formula is C34H40N2O11. The number of nitrogens with one attached hydrogen (secondary N) is 1. The van der Waals surface area contributed by atoms with Crippen LogP contribution in [0.25, 0.3) is 0 Å². The van der Waals surface area contributed by atoms with E-state index in [-0.39, 0.29) is 70.5 Å². The van der Waals surface area contributed by atoms with Gasteiger partial charge in [0.1, 0.15) is 35.2 Å². The Morgan fingerprint density at radius 2 is 1.81 bits per heavy atom. The normalized spacial score (nSPS) is 33.0. The molecule has 13 heteroatoms. The maximum absolute atomic E-state index is 14.0. The molecule has 3 saturated heterocycles. The third-order valence-electron chi connectivity index (χ3n) is 10.1. The van der Waals surface area contributed by atoms with E-state index in [1.807, 2.05) is 13.8 Å². The number of aromatic hydroxyl groups is 2. The molecule has 13 nitrogen and oxygen atoms in total. The minimum absolute atomic E-state index is 0.00147. The average Bonchev–Trinajstić information content (AvgIpc) is 3.41. The lowest BCUT2D eigenvalue weighted by Crippen LogP contribution is -2.55. The zero-order valence-corrected chi connectivity index (χ0v) is 26.9. The van der Waals surface area contributed by atoms with Crippen LogP contribution in [0, 0.1) is 0 Å². The Hall–Kier alpha value is -3.59. The zero-order chi connectivity index (χ0) is 33.5. The molecule has 1 unspecified atom stereocenters. The van der Waals surface area contributed by atoms with E-state index in [2.05, 4.69) is 10.2 Å². The number of aliphatic hydroxyl groups is 1. The molecule has 2 aliphatic carbocycles. The number of morpholine rings is 1. The lowest BCUT2D eigenvalue weighted by atomic mass is 9.72. The molecule has 0 aromatic heterocycles. The standard InChI is InChI=1S/C34H40N2O11/c1-14(2)35-33(41)34(42)12-18-24(30(40)26-25(28(18)38)27(37)17-7-6-8-20(43-5)23(17)29(26)39)21(13-34)46-22-11-19-31(15(3)45-22)47-32-16(4)44-10-9-36(19)32/h6-8,14-16,19,21-22,31-32,38,40,42H,9-13H2,1-5H3,(H,35,41)/t15-,16+,19?,21-,22-,31+,32+,34-/m0/s1. The summed E-state index contributed by atoms with van der Waals surface area (Å²) in [7, 11) is 1.37. The molecule has 8 atom stereocenters. The molecular weight excluding hydrogens is 612 g/mol. The Kier molecular flexibility index (Phi) is 7.85. The van der Waals surface area contributed by atoms with Gasteiger partial charge in [0.2, 0.25) is 5.78 Å². The Labute approximate surface area is 271 Å². The van der Waals surface area contributed by atoms with Gasteiger partial charge in [-0.2, -0.15) is 0 Å². The van der Waals surface area contributed by atoms with Crippen molar-refractivity contribution in [3.05, 3.63) is 51.6 Å². The number of hydrogen-bond acceptors (Lipinski definition) is 12. The maximum Gasteiger partial charge on any atom is 0.252 e. The van der Waals surface area contributed by atoms with Crippen LogP contribution in [0.2, 0.25) is 0 Å². The lowest BCUT2D eigenvalue weighted by Gasteiger charge is -2.43.